The fourth-order valence-electron chi connectivity index (χ4n) is 1.21. The summed E-state index contributed by atoms with van der Waals surface area (Å²) in [5.74, 6) is -0.199. The van der Waals surface area contributed by atoms with Gasteiger partial charge in [-0.2, -0.15) is 5.10 Å². The van der Waals surface area contributed by atoms with Crippen molar-refractivity contribution in [3.05, 3.63) is 17.0 Å². The minimum atomic E-state index is -0.536. The van der Waals surface area contributed by atoms with Crippen molar-refractivity contribution in [2.24, 2.45) is 0 Å². The number of aliphatic hydroxyl groups is 1. The van der Waals surface area contributed by atoms with Gasteiger partial charge in [0.1, 0.15) is 0 Å². The lowest BCUT2D eigenvalue weighted by Gasteiger charge is -2.06. The zero-order valence-electron chi connectivity index (χ0n) is 8.59. The van der Waals surface area contributed by atoms with Crippen LogP contribution in [0.5, 0.6) is 0 Å². The lowest BCUT2D eigenvalue weighted by molar-refractivity contribution is 0.0923. The second-order valence-corrected chi connectivity index (χ2v) is 3.37. The number of aliphatic hydroxyl groups excluding tert-OH is 1. The van der Waals surface area contributed by atoms with Crippen LogP contribution in [-0.4, -0.2) is 33.9 Å². The Balaban J connectivity index is 2.70. The Morgan fingerprint density at radius 2 is 2.29 bits per heavy atom. The minimum Gasteiger partial charge on any atom is -0.392 e. The third-order valence-corrected chi connectivity index (χ3v) is 1.91. The Bertz CT molecular complexity index is 311. The fourth-order valence-corrected chi connectivity index (χ4v) is 1.21. The SMILES string of the molecule is Cc1n[nH]c(C)c1C(=O)NCC(C)O. The summed E-state index contributed by atoms with van der Waals surface area (Å²) in [7, 11) is 0. The zero-order chi connectivity index (χ0) is 10.7. The van der Waals surface area contributed by atoms with Crippen molar-refractivity contribution in [1.82, 2.24) is 15.5 Å². The normalized spacial score (nSPS) is 12.6. The van der Waals surface area contributed by atoms with Crippen molar-refractivity contribution < 1.29 is 9.90 Å². The number of carbonyl (C=O) groups excluding carboxylic acids is 1. The molecule has 0 aliphatic carbocycles. The first kappa shape index (κ1) is 10.7. The highest BCUT2D eigenvalue weighted by molar-refractivity contribution is 5.96. The Kier molecular flexibility index (Phi) is 3.24. The van der Waals surface area contributed by atoms with Crippen LogP contribution in [0.4, 0.5) is 0 Å². The van der Waals surface area contributed by atoms with Crippen LogP contribution in [0.1, 0.15) is 28.7 Å². The predicted octanol–water partition coefficient (Wildman–Crippen LogP) is 0.137. The number of hydrogen-bond acceptors (Lipinski definition) is 3. The number of hydrogen-bond donors (Lipinski definition) is 3. The molecule has 3 N–H and O–H groups in total. The number of aromatic nitrogens is 2. The third-order valence-electron chi connectivity index (χ3n) is 1.91. The maximum Gasteiger partial charge on any atom is 0.255 e. The molecule has 14 heavy (non-hydrogen) atoms. The van der Waals surface area contributed by atoms with Crippen molar-refractivity contribution in [2.75, 3.05) is 6.54 Å². The van der Waals surface area contributed by atoms with Gasteiger partial charge in [0.05, 0.1) is 17.4 Å². The minimum absolute atomic E-state index is 0.199. The molecule has 0 aliphatic heterocycles. The molecule has 1 rings (SSSR count). The molecule has 1 heterocycles. The molecule has 5 heteroatoms. The molecule has 0 fully saturated rings. The Morgan fingerprint density at radius 1 is 1.64 bits per heavy atom. The van der Waals surface area contributed by atoms with Crippen LogP contribution in [0.3, 0.4) is 0 Å². The van der Waals surface area contributed by atoms with Gasteiger partial charge in [0.15, 0.2) is 0 Å². The summed E-state index contributed by atoms with van der Waals surface area (Å²) in [4.78, 5) is 11.6. The molecule has 1 aromatic heterocycles. The van der Waals surface area contributed by atoms with Crippen molar-refractivity contribution >= 4 is 5.91 Å². The maximum absolute atomic E-state index is 11.6. The monoisotopic (exact) mass is 197 g/mol. The lowest BCUT2D eigenvalue weighted by Crippen LogP contribution is -2.31. The van der Waals surface area contributed by atoms with Crippen LogP contribution < -0.4 is 5.32 Å². The molecule has 1 unspecified atom stereocenters. The van der Waals surface area contributed by atoms with Crippen molar-refractivity contribution in [3.63, 3.8) is 0 Å². The van der Waals surface area contributed by atoms with Gasteiger partial charge in [-0.15, -0.1) is 0 Å². The summed E-state index contributed by atoms with van der Waals surface area (Å²) >= 11 is 0. The van der Waals surface area contributed by atoms with Crippen molar-refractivity contribution in [3.8, 4) is 0 Å². The zero-order valence-corrected chi connectivity index (χ0v) is 8.59. The van der Waals surface area contributed by atoms with E-state index in [0.717, 1.165) is 5.69 Å². The van der Waals surface area contributed by atoms with Gasteiger partial charge >= 0.3 is 0 Å². The van der Waals surface area contributed by atoms with E-state index in [1.807, 2.05) is 0 Å². The number of H-pyrrole nitrogens is 1. The van der Waals surface area contributed by atoms with Crippen LogP contribution in [0.2, 0.25) is 0 Å². The van der Waals surface area contributed by atoms with E-state index >= 15 is 0 Å². The average molecular weight is 197 g/mol. The summed E-state index contributed by atoms with van der Waals surface area (Å²) < 4.78 is 0. The first-order valence-electron chi connectivity index (χ1n) is 4.50. The molecule has 1 atom stereocenters. The van der Waals surface area contributed by atoms with E-state index in [0.29, 0.717) is 11.3 Å². The van der Waals surface area contributed by atoms with E-state index in [9.17, 15) is 4.79 Å². The standard InChI is InChI=1S/C9H15N3O2/c1-5(13)4-10-9(14)8-6(2)11-12-7(8)3/h5,13H,4H2,1-3H3,(H,10,14)(H,11,12). The van der Waals surface area contributed by atoms with Gasteiger partial charge in [0.2, 0.25) is 0 Å². The molecular weight excluding hydrogens is 182 g/mol. The van der Waals surface area contributed by atoms with Crippen LogP contribution in [-0.2, 0) is 0 Å². The second-order valence-electron chi connectivity index (χ2n) is 3.37. The topological polar surface area (TPSA) is 78.0 Å². The van der Waals surface area contributed by atoms with E-state index in [4.69, 9.17) is 5.11 Å². The van der Waals surface area contributed by atoms with Gasteiger partial charge in [-0.05, 0) is 20.8 Å². The number of carbonyl (C=O) groups is 1. The van der Waals surface area contributed by atoms with Crippen LogP contribution in [0.25, 0.3) is 0 Å². The number of aryl methyl sites for hydroxylation is 2. The molecule has 1 amide bonds. The van der Waals surface area contributed by atoms with Gasteiger partial charge in [-0.25, -0.2) is 0 Å². The molecule has 0 spiro atoms. The maximum atomic E-state index is 11.6. The molecule has 0 saturated carbocycles. The van der Waals surface area contributed by atoms with Gasteiger partial charge < -0.3 is 10.4 Å². The molecule has 5 nitrogen and oxygen atoms in total. The second kappa shape index (κ2) is 4.23. The van der Waals surface area contributed by atoms with Crippen LogP contribution in [0.15, 0.2) is 0 Å². The van der Waals surface area contributed by atoms with Crippen LogP contribution >= 0.6 is 0 Å². The van der Waals surface area contributed by atoms with E-state index < -0.39 is 6.10 Å². The van der Waals surface area contributed by atoms with Crippen molar-refractivity contribution in [1.29, 1.82) is 0 Å². The van der Waals surface area contributed by atoms with E-state index in [1.165, 1.54) is 0 Å². The Labute approximate surface area is 82.5 Å². The Morgan fingerprint density at radius 3 is 2.71 bits per heavy atom. The third kappa shape index (κ3) is 2.32. The van der Waals surface area contributed by atoms with E-state index in [2.05, 4.69) is 15.5 Å². The number of amides is 1. The summed E-state index contributed by atoms with van der Waals surface area (Å²) in [6.45, 7) is 5.43. The largest absolute Gasteiger partial charge is 0.392 e. The highest BCUT2D eigenvalue weighted by Gasteiger charge is 2.14. The molecule has 1 aromatic rings. The molecule has 78 valence electrons. The predicted molar refractivity (Wildman–Crippen MR) is 52.1 cm³/mol. The molecule has 0 aliphatic rings. The van der Waals surface area contributed by atoms with Gasteiger partial charge in [-0.1, -0.05) is 0 Å². The highest BCUT2D eigenvalue weighted by Crippen LogP contribution is 2.08. The first-order chi connectivity index (χ1) is 6.52. The number of nitrogens with one attached hydrogen (secondary N) is 2. The lowest BCUT2D eigenvalue weighted by atomic mass is 10.2. The number of nitrogens with zero attached hydrogens (tertiary/aromatic N) is 1. The summed E-state index contributed by atoms with van der Waals surface area (Å²) in [5, 5.41) is 18.3. The highest BCUT2D eigenvalue weighted by atomic mass is 16.3. The Hall–Kier alpha value is -1.36. The smallest absolute Gasteiger partial charge is 0.255 e. The summed E-state index contributed by atoms with van der Waals surface area (Å²) in [6.07, 6.45) is -0.536. The average Bonchev–Trinajstić information content (AvgIpc) is 2.42. The van der Waals surface area contributed by atoms with E-state index in [-0.39, 0.29) is 12.5 Å². The van der Waals surface area contributed by atoms with Crippen LogP contribution in [0, 0.1) is 13.8 Å². The number of rotatable bonds is 3. The van der Waals surface area contributed by atoms with E-state index in [1.54, 1.807) is 20.8 Å². The molecule has 0 bridgehead atoms. The molecular formula is C9H15N3O2. The quantitative estimate of drug-likeness (QED) is 0.644. The number of aromatic amines is 1. The van der Waals surface area contributed by atoms with Crippen molar-refractivity contribution in [2.45, 2.75) is 26.9 Å². The molecule has 0 radical (unpaired) electrons. The molecule has 0 saturated heterocycles. The molecule has 0 aromatic carbocycles. The fraction of sp³-hybridized carbons (Fsp3) is 0.556. The summed E-state index contributed by atoms with van der Waals surface area (Å²) in [6, 6.07) is 0. The van der Waals surface area contributed by atoms with Gasteiger partial charge in [-0.3, -0.25) is 9.89 Å². The first-order valence-corrected chi connectivity index (χ1v) is 4.50. The summed E-state index contributed by atoms with van der Waals surface area (Å²) in [5.41, 5.74) is 1.97. The van der Waals surface area contributed by atoms with Gasteiger partial charge in [0.25, 0.3) is 5.91 Å². The van der Waals surface area contributed by atoms with Gasteiger partial charge in [0, 0.05) is 12.2 Å².